The number of nitrogen functional groups attached to an aromatic ring is 1. The van der Waals surface area contributed by atoms with Crippen LogP contribution in [-0.4, -0.2) is 15.0 Å². The molecule has 0 saturated carbocycles. The van der Waals surface area contributed by atoms with Crippen LogP contribution in [0, 0.1) is 13.8 Å². The molecule has 6 heteroatoms. The summed E-state index contributed by atoms with van der Waals surface area (Å²) in [5.41, 5.74) is 9.36. The normalized spacial score (nSPS) is 11.1. The molecule has 0 radical (unpaired) electrons. The number of benzene rings is 1. The van der Waals surface area contributed by atoms with Gasteiger partial charge in [-0.25, -0.2) is 0 Å². The lowest BCUT2D eigenvalue weighted by Gasteiger charge is -2.05. The van der Waals surface area contributed by atoms with Crippen LogP contribution in [0.25, 0.3) is 11.0 Å². The minimum absolute atomic E-state index is 0.129. The summed E-state index contributed by atoms with van der Waals surface area (Å²) >= 11 is 1.64. The van der Waals surface area contributed by atoms with Crippen molar-refractivity contribution in [1.29, 1.82) is 0 Å². The van der Waals surface area contributed by atoms with E-state index in [1.807, 2.05) is 19.1 Å². The number of aromatic amines is 2. The highest BCUT2D eigenvalue weighted by Gasteiger charge is 2.14. The molecule has 0 bridgehead atoms. The van der Waals surface area contributed by atoms with Crippen LogP contribution in [0.1, 0.15) is 16.8 Å². The number of fused-ring (bicyclic) bond motifs is 1. The predicted molar refractivity (Wildman–Crippen MR) is 86.6 cm³/mol. The van der Waals surface area contributed by atoms with Gasteiger partial charge in [0.2, 0.25) is 5.95 Å². The Balaban J connectivity index is 2.00. The fourth-order valence-corrected chi connectivity index (χ4v) is 3.54. The third kappa shape index (κ3) is 2.54. The quantitative estimate of drug-likeness (QED) is 0.649. The number of aromatic nitrogens is 3. The Morgan fingerprint density at radius 2 is 2.00 bits per heavy atom. The molecule has 0 aliphatic heterocycles. The van der Waals surface area contributed by atoms with E-state index in [0.29, 0.717) is 11.0 Å². The number of anilines is 1. The van der Waals surface area contributed by atoms with Gasteiger partial charge < -0.3 is 10.7 Å². The fraction of sp³-hybridized carbons (Fsp3) is 0.200. The fourth-order valence-electron chi connectivity index (χ4n) is 2.32. The van der Waals surface area contributed by atoms with E-state index >= 15 is 0 Å². The highest BCUT2D eigenvalue weighted by molar-refractivity contribution is 7.98. The van der Waals surface area contributed by atoms with Crippen LogP contribution in [0.2, 0.25) is 0 Å². The molecule has 21 heavy (non-hydrogen) atoms. The lowest BCUT2D eigenvalue weighted by Crippen LogP contribution is -2.10. The number of nitrogens with zero attached hydrogens (tertiary/aromatic N) is 1. The van der Waals surface area contributed by atoms with Crippen LogP contribution in [0.15, 0.2) is 34.0 Å². The van der Waals surface area contributed by atoms with Crippen molar-refractivity contribution >= 4 is 28.7 Å². The van der Waals surface area contributed by atoms with Crippen molar-refractivity contribution in [1.82, 2.24) is 15.0 Å². The molecule has 2 aromatic heterocycles. The van der Waals surface area contributed by atoms with Crippen molar-refractivity contribution in [2.24, 2.45) is 0 Å². The van der Waals surface area contributed by atoms with Crippen molar-refractivity contribution in [3.8, 4) is 0 Å². The average molecular weight is 300 g/mol. The molecule has 0 aliphatic rings. The zero-order chi connectivity index (χ0) is 15.0. The minimum atomic E-state index is -0.200. The molecular formula is C15H16N4OS. The number of hydrogen-bond acceptors (Lipinski definition) is 4. The molecule has 0 aliphatic carbocycles. The number of aryl methyl sites for hydroxylation is 2. The van der Waals surface area contributed by atoms with Crippen molar-refractivity contribution in [3.63, 3.8) is 0 Å². The minimum Gasteiger partial charge on any atom is -0.369 e. The molecule has 2 heterocycles. The summed E-state index contributed by atoms with van der Waals surface area (Å²) in [7, 11) is 0. The highest BCUT2D eigenvalue weighted by atomic mass is 32.2. The first-order chi connectivity index (χ1) is 10.1. The maximum absolute atomic E-state index is 12.1. The molecule has 0 fully saturated rings. The number of nitrogens with two attached hydrogens (primary N) is 1. The van der Waals surface area contributed by atoms with Gasteiger partial charge in [0.15, 0.2) is 0 Å². The Morgan fingerprint density at radius 3 is 2.76 bits per heavy atom. The first-order valence-corrected chi connectivity index (χ1v) is 7.60. The lowest BCUT2D eigenvalue weighted by atomic mass is 10.1. The Morgan fingerprint density at radius 1 is 1.24 bits per heavy atom. The monoisotopic (exact) mass is 300 g/mol. The summed E-state index contributed by atoms with van der Waals surface area (Å²) in [4.78, 5) is 22.9. The number of H-pyrrole nitrogens is 2. The molecule has 1 aromatic carbocycles. The Kier molecular flexibility index (Phi) is 3.47. The van der Waals surface area contributed by atoms with E-state index in [1.54, 1.807) is 11.8 Å². The van der Waals surface area contributed by atoms with Crippen LogP contribution in [0.4, 0.5) is 5.95 Å². The Hall–Kier alpha value is -2.21. The molecule has 0 atom stereocenters. The van der Waals surface area contributed by atoms with Gasteiger partial charge in [-0.1, -0.05) is 24.3 Å². The van der Waals surface area contributed by atoms with Gasteiger partial charge in [-0.05, 0) is 25.0 Å². The van der Waals surface area contributed by atoms with Crippen molar-refractivity contribution in [2.45, 2.75) is 24.5 Å². The topological polar surface area (TPSA) is 87.6 Å². The molecule has 3 rings (SSSR count). The standard InChI is InChI=1S/C15H16N4OS/c1-8-5-3-4-6-10(8)7-21-12-9(2)17-13-11(12)14(20)19-15(16)18-13/h3-6H,7H2,1-2H3,(H4,16,17,18,19,20). The second kappa shape index (κ2) is 5.29. The van der Waals surface area contributed by atoms with Gasteiger partial charge in [-0.2, -0.15) is 4.98 Å². The molecule has 0 saturated heterocycles. The summed E-state index contributed by atoms with van der Waals surface area (Å²) < 4.78 is 0. The molecule has 4 N–H and O–H groups in total. The molecule has 0 spiro atoms. The largest absolute Gasteiger partial charge is 0.369 e. The number of rotatable bonds is 3. The van der Waals surface area contributed by atoms with Gasteiger partial charge in [-0.3, -0.25) is 9.78 Å². The summed E-state index contributed by atoms with van der Waals surface area (Å²) in [6.07, 6.45) is 0. The smallest absolute Gasteiger partial charge is 0.262 e. The Bertz CT molecular complexity index is 866. The van der Waals surface area contributed by atoms with E-state index in [9.17, 15) is 4.79 Å². The first kappa shape index (κ1) is 13.8. The van der Waals surface area contributed by atoms with Crippen molar-refractivity contribution < 1.29 is 0 Å². The summed E-state index contributed by atoms with van der Waals surface area (Å²) in [5, 5.41) is 0.584. The SMILES string of the molecule is Cc1ccccc1CSc1c(C)[nH]c2nc(N)[nH]c(=O)c12. The van der Waals surface area contributed by atoms with Gasteiger partial charge in [0.1, 0.15) is 5.65 Å². The van der Waals surface area contributed by atoms with Crippen LogP contribution in [0.3, 0.4) is 0 Å². The van der Waals surface area contributed by atoms with Crippen LogP contribution in [-0.2, 0) is 5.75 Å². The van der Waals surface area contributed by atoms with E-state index in [4.69, 9.17) is 5.73 Å². The van der Waals surface area contributed by atoms with E-state index in [1.165, 1.54) is 11.1 Å². The van der Waals surface area contributed by atoms with E-state index < -0.39 is 0 Å². The average Bonchev–Trinajstić information content (AvgIpc) is 2.73. The second-order valence-corrected chi connectivity index (χ2v) is 5.95. The zero-order valence-corrected chi connectivity index (χ0v) is 12.7. The van der Waals surface area contributed by atoms with Gasteiger partial charge in [-0.15, -0.1) is 11.8 Å². The third-order valence-corrected chi connectivity index (χ3v) is 4.70. The molecule has 0 amide bonds. The van der Waals surface area contributed by atoms with Crippen molar-refractivity contribution in [2.75, 3.05) is 5.73 Å². The summed E-state index contributed by atoms with van der Waals surface area (Å²) in [6, 6.07) is 8.25. The maximum Gasteiger partial charge on any atom is 0.262 e. The van der Waals surface area contributed by atoms with Crippen LogP contribution < -0.4 is 11.3 Å². The second-order valence-electron chi connectivity index (χ2n) is 4.97. The van der Waals surface area contributed by atoms with E-state index in [2.05, 4.69) is 34.0 Å². The molecule has 0 unspecified atom stereocenters. The number of thioether (sulfide) groups is 1. The zero-order valence-electron chi connectivity index (χ0n) is 11.9. The van der Waals surface area contributed by atoms with Crippen LogP contribution in [0.5, 0.6) is 0 Å². The molecular weight excluding hydrogens is 284 g/mol. The Labute approximate surface area is 126 Å². The number of nitrogens with one attached hydrogen (secondary N) is 2. The first-order valence-electron chi connectivity index (χ1n) is 6.61. The molecule has 108 valence electrons. The van der Waals surface area contributed by atoms with E-state index in [-0.39, 0.29) is 11.5 Å². The van der Waals surface area contributed by atoms with Crippen LogP contribution >= 0.6 is 11.8 Å². The highest BCUT2D eigenvalue weighted by Crippen LogP contribution is 2.31. The van der Waals surface area contributed by atoms with E-state index in [0.717, 1.165) is 16.3 Å². The lowest BCUT2D eigenvalue weighted by molar-refractivity contribution is 1.17. The van der Waals surface area contributed by atoms with Gasteiger partial charge in [0, 0.05) is 16.3 Å². The maximum atomic E-state index is 12.1. The number of hydrogen-bond donors (Lipinski definition) is 3. The third-order valence-electron chi connectivity index (χ3n) is 3.44. The predicted octanol–water partition coefficient (Wildman–Crippen LogP) is 2.74. The molecule has 5 nitrogen and oxygen atoms in total. The summed E-state index contributed by atoms with van der Waals surface area (Å²) in [6.45, 7) is 4.03. The molecule has 3 aromatic rings. The van der Waals surface area contributed by atoms with Gasteiger partial charge in [0.05, 0.1) is 5.39 Å². The summed E-state index contributed by atoms with van der Waals surface area (Å²) in [5.74, 6) is 0.939. The van der Waals surface area contributed by atoms with Gasteiger partial charge >= 0.3 is 0 Å². The van der Waals surface area contributed by atoms with Crippen molar-refractivity contribution in [3.05, 3.63) is 51.4 Å². The van der Waals surface area contributed by atoms with Gasteiger partial charge in [0.25, 0.3) is 5.56 Å².